The lowest BCUT2D eigenvalue weighted by Crippen LogP contribution is -2.03. The van der Waals surface area contributed by atoms with Crippen molar-refractivity contribution in [3.8, 4) is 0 Å². The molecule has 0 bridgehead atoms. The first-order valence-corrected chi connectivity index (χ1v) is 5.97. The number of halogens is 3. The molecule has 6 heteroatoms. The average molecular weight is 317 g/mol. The quantitative estimate of drug-likeness (QED) is 0.939. The number of hydrogen-bond acceptors (Lipinski definition) is 3. The lowest BCUT2D eigenvalue weighted by molar-refractivity contribution is 0.627. The van der Waals surface area contributed by atoms with Crippen molar-refractivity contribution in [2.75, 3.05) is 5.32 Å². The number of rotatable bonds is 3. The molecule has 0 aliphatic rings. The van der Waals surface area contributed by atoms with Crippen LogP contribution in [0.2, 0.25) is 5.02 Å². The van der Waals surface area contributed by atoms with Gasteiger partial charge in [0.05, 0.1) is 22.9 Å². The van der Waals surface area contributed by atoms with Crippen molar-refractivity contribution in [1.29, 1.82) is 0 Å². The van der Waals surface area contributed by atoms with Crippen LogP contribution in [0.1, 0.15) is 5.69 Å². The Balaban J connectivity index is 2.15. The highest BCUT2D eigenvalue weighted by atomic mass is 79.9. The second-order valence-corrected chi connectivity index (χ2v) is 4.56. The maximum absolute atomic E-state index is 13.0. The lowest BCUT2D eigenvalue weighted by atomic mass is 10.3. The molecule has 0 atom stereocenters. The van der Waals surface area contributed by atoms with Crippen LogP contribution < -0.4 is 5.32 Å². The topological polar surface area (TPSA) is 37.8 Å². The third-order valence-corrected chi connectivity index (χ3v) is 3.02. The van der Waals surface area contributed by atoms with E-state index in [4.69, 9.17) is 11.6 Å². The molecule has 0 aliphatic carbocycles. The van der Waals surface area contributed by atoms with Crippen LogP contribution in [0.5, 0.6) is 0 Å². The average Bonchev–Trinajstić information content (AvgIpc) is 2.29. The van der Waals surface area contributed by atoms with Crippen LogP contribution in [-0.4, -0.2) is 9.97 Å². The summed E-state index contributed by atoms with van der Waals surface area (Å²) in [6.45, 7) is 0.493. The zero-order chi connectivity index (χ0) is 12.3. The molecule has 0 aliphatic heterocycles. The van der Waals surface area contributed by atoms with Gasteiger partial charge in [0.2, 0.25) is 0 Å². The fraction of sp³-hybridized carbons (Fsp3) is 0.0909. The number of anilines is 1. The highest BCUT2D eigenvalue weighted by Crippen LogP contribution is 2.31. The zero-order valence-corrected chi connectivity index (χ0v) is 11.0. The summed E-state index contributed by atoms with van der Waals surface area (Å²) in [7, 11) is 0. The van der Waals surface area contributed by atoms with Crippen molar-refractivity contribution >= 4 is 33.2 Å². The molecule has 0 fully saturated rings. The van der Waals surface area contributed by atoms with Crippen LogP contribution in [0, 0.1) is 5.82 Å². The zero-order valence-electron chi connectivity index (χ0n) is 8.62. The third-order valence-electron chi connectivity index (χ3n) is 2.10. The smallest absolute Gasteiger partial charge is 0.125 e. The van der Waals surface area contributed by atoms with Gasteiger partial charge in [0, 0.05) is 10.7 Å². The standard InChI is InChI=1S/C11H8BrClFN3/c12-9-3-7(14)4-10(13)11(9)16-5-8-1-2-15-6-17-8/h1-4,6,16H,5H2. The van der Waals surface area contributed by atoms with Gasteiger partial charge < -0.3 is 5.32 Å². The molecular formula is C11H8BrClFN3. The van der Waals surface area contributed by atoms with Gasteiger partial charge in [-0.05, 0) is 34.1 Å². The molecule has 2 rings (SSSR count). The molecule has 0 radical (unpaired) electrons. The van der Waals surface area contributed by atoms with Crippen LogP contribution in [0.15, 0.2) is 35.2 Å². The van der Waals surface area contributed by atoms with Crippen molar-refractivity contribution in [3.05, 3.63) is 51.7 Å². The van der Waals surface area contributed by atoms with Gasteiger partial charge in [0.15, 0.2) is 0 Å². The SMILES string of the molecule is Fc1cc(Cl)c(NCc2ccncn2)c(Br)c1. The van der Waals surface area contributed by atoms with Gasteiger partial charge in [0.25, 0.3) is 0 Å². The number of aromatic nitrogens is 2. The van der Waals surface area contributed by atoms with Crippen LogP contribution in [-0.2, 0) is 6.54 Å². The minimum Gasteiger partial charge on any atom is -0.377 e. The normalized spacial score (nSPS) is 10.3. The summed E-state index contributed by atoms with van der Waals surface area (Å²) >= 11 is 9.19. The number of nitrogens with one attached hydrogen (secondary N) is 1. The van der Waals surface area contributed by atoms with E-state index >= 15 is 0 Å². The summed E-state index contributed by atoms with van der Waals surface area (Å²) in [6, 6.07) is 4.40. The van der Waals surface area contributed by atoms with Gasteiger partial charge in [-0.3, -0.25) is 0 Å². The molecule has 2 aromatic rings. The Morgan fingerprint density at radius 3 is 2.88 bits per heavy atom. The van der Waals surface area contributed by atoms with Crippen molar-refractivity contribution < 1.29 is 4.39 Å². The predicted octanol–water partition coefficient (Wildman–Crippen LogP) is 3.64. The Labute approximate surface area is 111 Å². The summed E-state index contributed by atoms with van der Waals surface area (Å²) in [5.41, 5.74) is 1.47. The van der Waals surface area contributed by atoms with E-state index in [2.05, 4.69) is 31.2 Å². The molecule has 1 heterocycles. The highest BCUT2D eigenvalue weighted by Gasteiger charge is 2.07. The fourth-order valence-electron chi connectivity index (χ4n) is 1.31. The Morgan fingerprint density at radius 2 is 2.24 bits per heavy atom. The lowest BCUT2D eigenvalue weighted by Gasteiger charge is -2.10. The first-order valence-electron chi connectivity index (χ1n) is 4.80. The van der Waals surface area contributed by atoms with Crippen molar-refractivity contribution in [1.82, 2.24) is 9.97 Å². The Hall–Kier alpha value is -1.20. The Kier molecular flexibility index (Phi) is 3.91. The molecule has 0 saturated heterocycles. The Morgan fingerprint density at radius 1 is 1.41 bits per heavy atom. The van der Waals surface area contributed by atoms with E-state index in [-0.39, 0.29) is 5.82 Å². The van der Waals surface area contributed by atoms with Crippen molar-refractivity contribution in [2.45, 2.75) is 6.54 Å². The second-order valence-electron chi connectivity index (χ2n) is 3.30. The third kappa shape index (κ3) is 3.14. The number of benzene rings is 1. The van der Waals surface area contributed by atoms with E-state index < -0.39 is 0 Å². The van der Waals surface area contributed by atoms with E-state index in [1.807, 2.05) is 0 Å². The van der Waals surface area contributed by atoms with Gasteiger partial charge in [-0.15, -0.1) is 0 Å². The van der Waals surface area contributed by atoms with E-state index in [9.17, 15) is 4.39 Å². The largest absolute Gasteiger partial charge is 0.377 e. The number of hydrogen-bond donors (Lipinski definition) is 1. The minimum absolute atomic E-state index is 0.325. The first-order chi connectivity index (χ1) is 8.16. The predicted molar refractivity (Wildman–Crippen MR) is 68.5 cm³/mol. The molecule has 3 nitrogen and oxygen atoms in total. The van der Waals surface area contributed by atoms with Gasteiger partial charge in [-0.1, -0.05) is 11.6 Å². The molecule has 1 N–H and O–H groups in total. The summed E-state index contributed by atoms with van der Waals surface area (Å²) < 4.78 is 13.6. The van der Waals surface area contributed by atoms with Crippen LogP contribution in [0.4, 0.5) is 10.1 Å². The van der Waals surface area contributed by atoms with Crippen LogP contribution >= 0.6 is 27.5 Å². The van der Waals surface area contributed by atoms with Crippen LogP contribution in [0.3, 0.4) is 0 Å². The number of nitrogens with zero attached hydrogens (tertiary/aromatic N) is 2. The highest BCUT2D eigenvalue weighted by molar-refractivity contribution is 9.10. The molecule has 1 aromatic heterocycles. The minimum atomic E-state index is -0.380. The molecular weight excluding hydrogens is 308 g/mol. The monoisotopic (exact) mass is 315 g/mol. The van der Waals surface area contributed by atoms with Crippen molar-refractivity contribution in [2.24, 2.45) is 0 Å². The molecule has 0 unspecified atom stereocenters. The van der Waals surface area contributed by atoms with Gasteiger partial charge >= 0.3 is 0 Å². The maximum Gasteiger partial charge on any atom is 0.125 e. The van der Waals surface area contributed by atoms with Gasteiger partial charge in [0.1, 0.15) is 12.1 Å². The van der Waals surface area contributed by atoms with Crippen molar-refractivity contribution in [3.63, 3.8) is 0 Å². The fourth-order valence-corrected chi connectivity index (χ4v) is 2.27. The molecule has 0 saturated carbocycles. The molecule has 17 heavy (non-hydrogen) atoms. The molecule has 0 amide bonds. The molecule has 1 aromatic carbocycles. The summed E-state index contributed by atoms with van der Waals surface area (Å²) in [5.74, 6) is -0.380. The molecule has 0 spiro atoms. The summed E-state index contributed by atoms with van der Waals surface area (Å²) in [5, 5.41) is 3.41. The van der Waals surface area contributed by atoms with E-state index in [0.29, 0.717) is 21.7 Å². The summed E-state index contributed by atoms with van der Waals surface area (Å²) in [6.07, 6.45) is 3.13. The van der Waals surface area contributed by atoms with E-state index in [1.165, 1.54) is 18.5 Å². The van der Waals surface area contributed by atoms with Gasteiger partial charge in [-0.25, -0.2) is 14.4 Å². The van der Waals surface area contributed by atoms with Gasteiger partial charge in [-0.2, -0.15) is 0 Å². The summed E-state index contributed by atoms with van der Waals surface area (Å²) in [4.78, 5) is 7.89. The Bertz CT molecular complexity index is 498. The second kappa shape index (κ2) is 5.42. The van der Waals surface area contributed by atoms with E-state index in [1.54, 1.807) is 12.3 Å². The first kappa shape index (κ1) is 12.3. The van der Waals surface area contributed by atoms with Crippen LogP contribution in [0.25, 0.3) is 0 Å². The molecule has 88 valence electrons. The maximum atomic E-state index is 13.0. The van der Waals surface area contributed by atoms with E-state index in [0.717, 1.165) is 5.69 Å².